The Morgan fingerprint density at radius 2 is 2.09 bits per heavy atom. The van der Waals surface area contributed by atoms with Gasteiger partial charge in [-0.15, -0.1) is 11.8 Å². The van der Waals surface area contributed by atoms with Gasteiger partial charge in [-0.05, 0) is 24.5 Å². The second-order valence-corrected chi connectivity index (χ2v) is 2.60. The molecule has 0 saturated carbocycles. The summed E-state index contributed by atoms with van der Waals surface area (Å²) in [5.41, 5.74) is 0. The van der Waals surface area contributed by atoms with E-state index in [0.29, 0.717) is 0 Å². The quantitative estimate of drug-likeness (QED) is 0.600. The zero-order valence-electron chi connectivity index (χ0n) is 6.10. The highest BCUT2D eigenvalue weighted by molar-refractivity contribution is 7.98. The first-order valence-electron chi connectivity index (χ1n) is 3.07. The fourth-order valence-electron chi connectivity index (χ4n) is 0.550. The smallest absolute Gasteiger partial charge is 0.0707 e. The molecule has 1 heterocycles. The molecule has 0 aliphatic heterocycles. The normalized spacial score (nSPS) is 8.82. The molecule has 0 spiro atoms. The van der Waals surface area contributed by atoms with E-state index in [-0.39, 0.29) is 0 Å². The van der Waals surface area contributed by atoms with Gasteiger partial charge in [-0.1, -0.05) is 10.3 Å². The summed E-state index contributed by atoms with van der Waals surface area (Å²) in [6, 6.07) is 5.60. The Kier molecular flexibility index (Phi) is 3.47. The minimum absolute atomic E-state index is 1.12. The van der Waals surface area contributed by atoms with E-state index in [1.54, 1.807) is 30.2 Å². The molecule has 0 amide bonds. The SMILES string of the molecule is CSc1cccnoncc1. The summed E-state index contributed by atoms with van der Waals surface area (Å²) >= 11 is 1.64. The van der Waals surface area contributed by atoms with Gasteiger partial charge in [-0.3, -0.25) is 0 Å². The average molecular weight is 168 g/mol. The van der Waals surface area contributed by atoms with Crippen LogP contribution >= 0.6 is 11.8 Å². The summed E-state index contributed by atoms with van der Waals surface area (Å²) in [5.74, 6) is 0. The van der Waals surface area contributed by atoms with E-state index in [1.807, 2.05) is 18.4 Å². The van der Waals surface area contributed by atoms with Crippen LogP contribution in [0.1, 0.15) is 0 Å². The minimum Gasteiger partial charge on any atom is -0.245 e. The summed E-state index contributed by atoms with van der Waals surface area (Å²) in [6.45, 7) is 0. The van der Waals surface area contributed by atoms with Crippen LogP contribution in [0, 0.1) is 0 Å². The first kappa shape index (κ1) is 8.07. The summed E-state index contributed by atoms with van der Waals surface area (Å²) in [5, 5.41) is 7.04. The standard InChI is InChI=1S/C7H8N2OS/c1-11-7-3-2-5-8-10-9-6-4-7/h2-6H,1H3. The van der Waals surface area contributed by atoms with E-state index >= 15 is 0 Å². The van der Waals surface area contributed by atoms with Gasteiger partial charge in [0.2, 0.25) is 0 Å². The molecular weight excluding hydrogens is 160 g/mol. The first-order chi connectivity index (χ1) is 5.43. The highest BCUT2D eigenvalue weighted by Crippen LogP contribution is 2.09. The van der Waals surface area contributed by atoms with Gasteiger partial charge in [-0.2, -0.15) is 0 Å². The summed E-state index contributed by atoms with van der Waals surface area (Å²) in [7, 11) is 0. The van der Waals surface area contributed by atoms with Crippen LogP contribution in [0.3, 0.4) is 0 Å². The molecule has 0 bridgehead atoms. The molecule has 0 atom stereocenters. The van der Waals surface area contributed by atoms with Crippen molar-refractivity contribution < 1.29 is 4.63 Å². The molecule has 1 aromatic rings. The number of thioether (sulfide) groups is 1. The van der Waals surface area contributed by atoms with Gasteiger partial charge in [-0.25, -0.2) is 4.63 Å². The Balaban J connectivity index is 3.07. The summed E-state index contributed by atoms with van der Waals surface area (Å²) in [4.78, 5) is 1.12. The van der Waals surface area contributed by atoms with E-state index in [4.69, 9.17) is 0 Å². The molecule has 1 rings (SSSR count). The van der Waals surface area contributed by atoms with E-state index in [9.17, 15) is 0 Å². The molecule has 3 nitrogen and oxygen atoms in total. The van der Waals surface area contributed by atoms with Crippen LogP contribution in [0.4, 0.5) is 0 Å². The van der Waals surface area contributed by atoms with Crippen molar-refractivity contribution in [3.8, 4) is 0 Å². The fourth-order valence-corrected chi connectivity index (χ4v) is 0.962. The molecule has 0 unspecified atom stereocenters. The first-order valence-corrected chi connectivity index (χ1v) is 4.30. The molecule has 0 aromatic carbocycles. The van der Waals surface area contributed by atoms with Crippen molar-refractivity contribution in [1.29, 1.82) is 0 Å². The van der Waals surface area contributed by atoms with Crippen molar-refractivity contribution >= 4 is 11.8 Å². The van der Waals surface area contributed by atoms with Crippen molar-refractivity contribution in [1.82, 2.24) is 10.3 Å². The van der Waals surface area contributed by atoms with Crippen LogP contribution in [0.15, 0.2) is 40.1 Å². The highest BCUT2D eigenvalue weighted by Gasteiger charge is 1.79. The predicted molar refractivity (Wildman–Crippen MR) is 43.7 cm³/mol. The molecule has 0 N–H and O–H groups in total. The lowest BCUT2D eigenvalue weighted by molar-refractivity contribution is 0.287. The van der Waals surface area contributed by atoms with E-state index in [0.717, 1.165) is 4.90 Å². The molecule has 1 aromatic heterocycles. The molecular formula is C7H8N2OS. The lowest BCUT2D eigenvalue weighted by atomic mass is 10.5. The Morgan fingerprint density at radius 1 is 1.27 bits per heavy atom. The second-order valence-electron chi connectivity index (χ2n) is 1.72. The third-order valence-electron chi connectivity index (χ3n) is 1.04. The Bertz CT molecular complexity index is 236. The number of rotatable bonds is 1. The lowest BCUT2D eigenvalue weighted by Gasteiger charge is -1.84. The van der Waals surface area contributed by atoms with Crippen LogP contribution in [0.2, 0.25) is 0 Å². The maximum absolute atomic E-state index is 4.48. The van der Waals surface area contributed by atoms with E-state index in [1.165, 1.54) is 0 Å². The van der Waals surface area contributed by atoms with Crippen molar-refractivity contribution in [2.45, 2.75) is 4.90 Å². The Hall–Kier alpha value is -1.03. The van der Waals surface area contributed by atoms with Gasteiger partial charge < -0.3 is 0 Å². The highest BCUT2D eigenvalue weighted by atomic mass is 32.2. The monoisotopic (exact) mass is 168 g/mol. The minimum atomic E-state index is 1.12. The second kappa shape index (κ2) is 4.73. The number of hydrogen-bond donors (Lipinski definition) is 0. The van der Waals surface area contributed by atoms with Crippen LogP contribution in [-0.2, 0) is 0 Å². The van der Waals surface area contributed by atoms with Crippen molar-refractivity contribution in [3.63, 3.8) is 0 Å². The largest absolute Gasteiger partial charge is 0.245 e. The lowest BCUT2D eigenvalue weighted by Crippen LogP contribution is -1.61. The van der Waals surface area contributed by atoms with Crippen molar-refractivity contribution in [3.05, 3.63) is 30.6 Å². The molecule has 11 heavy (non-hydrogen) atoms. The van der Waals surface area contributed by atoms with Crippen LogP contribution in [-0.4, -0.2) is 16.6 Å². The maximum Gasteiger partial charge on any atom is 0.0707 e. The van der Waals surface area contributed by atoms with E-state index < -0.39 is 0 Å². The van der Waals surface area contributed by atoms with Gasteiger partial charge in [0.15, 0.2) is 0 Å². The molecule has 0 fully saturated rings. The van der Waals surface area contributed by atoms with Gasteiger partial charge in [0.1, 0.15) is 0 Å². The topological polar surface area (TPSA) is 38.9 Å². The predicted octanol–water partition coefficient (Wildman–Crippen LogP) is 1.92. The Morgan fingerprint density at radius 3 is 2.91 bits per heavy atom. The Labute approximate surface area is 69.1 Å². The zero-order valence-corrected chi connectivity index (χ0v) is 6.91. The molecule has 0 aliphatic carbocycles. The summed E-state index contributed by atoms with van der Waals surface area (Å²) < 4.78 is 4.48. The fraction of sp³-hybridized carbons (Fsp3) is 0.143. The van der Waals surface area contributed by atoms with Gasteiger partial charge >= 0.3 is 0 Å². The molecule has 58 valence electrons. The number of hydrogen-bond acceptors (Lipinski definition) is 4. The van der Waals surface area contributed by atoms with Crippen molar-refractivity contribution in [2.24, 2.45) is 0 Å². The van der Waals surface area contributed by atoms with Gasteiger partial charge in [0.25, 0.3) is 0 Å². The maximum atomic E-state index is 4.48. The molecule has 0 radical (unpaired) electrons. The third-order valence-corrected chi connectivity index (χ3v) is 1.78. The molecule has 0 aliphatic rings. The molecule has 0 saturated heterocycles. The number of nitrogens with zero attached hydrogens (tertiary/aromatic N) is 2. The third kappa shape index (κ3) is 3.04. The summed E-state index contributed by atoms with van der Waals surface area (Å²) in [6.07, 6.45) is 5.12. The van der Waals surface area contributed by atoms with Gasteiger partial charge in [0, 0.05) is 4.90 Å². The number of aromatic nitrogens is 2. The van der Waals surface area contributed by atoms with Crippen LogP contribution < -0.4 is 0 Å². The van der Waals surface area contributed by atoms with E-state index in [2.05, 4.69) is 14.9 Å². The average Bonchev–Trinajstić information content (AvgIpc) is 2.16. The van der Waals surface area contributed by atoms with Crippen LogP contribution in [0.5, 0.6) is 0 Å². The molecule has 4 heteroatoms. The van der Waals surface area contributed by atoms with Gasteiger partial charge in [0.05, 0.1) is 12.4 Å². The zero-order chi connectivity index (χ0) is 7.94. The van der Waals surface area contributed by atoms with Crippen LogP contribution in [0.25, 0.3) is 0 Å². The van der Waals surface area contributed by atoms with Crippen molar-refractivity contribution in [2.75, 3.05) is 6.26 Å².